The van der Waals surface area contributed by atoms with Gasteiger partial charge in [0.1, 0.15) is 0 Å². The standard InChI is InChI=1S/C21H31BrN2O3/c1-2-3-10-26-11-4-5-12-27-13-6-9-23-21(25)14-17-16-24-20-8-7-18(22)15-19(17)20/h7-8,15-16,24H,2-6,9-14H2,1H3,(H,23,25). The molecule has 0 aliphatic rings. The third-order valence-corrected chi connectivity index (χ3v) is 4.83. The number of halogens is 1. The Bertz CT molecular complexity index is 687. The Balaban J connectivity index is 1.49. The predicted molar refractivity (Wildman–Crippen MR) is 113 cm³/mol. The van der Waals surface area contributed by atoms with Gasteiger partial charge >= 0.3 is 0 Å². The van der Waals surface area contributed by atoms with Crippen molar-refractivity contribution in [3.8, 4) is 0 Å². The number of ether oxygens (including phenoxy) is 2. The first-order chi connectivity index (χ1) is 13.2. The number of unbranched alkanes of at least 4 members (excludes halogenated alkanes) is 2. The molecule has 27 heavy (non-hydrogen) atoms. The lowest BCUT2D eigenvalue weighted by Crippen LogP contribution is -2.26. The van der Waals surface area contributed by atoms with Crippen molar-refractivity contribution in [2.24, 2.45) is 0 Å². The van der Waals surface area contributed by atoms with Gasteiger partial charge in [-0.25, -0.2) is 0 Å². The van der Waals surface area contributed by atoms with E-state index in [1.807, 2.05) is 24.4 Å². The molecule has 1 amide bonds. The van der Waals surface area contributed by atoms with Crippen LogP contribution in [0.15, 0.2) is 28.9 Å². The molecule has 0 saturated carbocycles. The first-order valence-corrected chi connectivity index (χ1v) is 10.7. The maximum atomic E-state index is 12.1. The minimum absolute atomic E-state index is 0.0418. The molecule has 0 spiro atoms. The van der Waals surface area contributed by atoms with Crippen LogP contribution in [0.25, 0.3) is 10.9 Å². The third-order valence-electron chi connectivity index (χ3n) is 4.34. The largest absolute Gasteiger partial charge is 0.381 e. The smallest absolute Gasteiger partial charge is 0.224 e. The summed E-state index contributed by atoms with van der Waals surface area (Å²) in [4.78, 5) is 15.3. The normalized spacial score (nSPS) is 11.2. The van der Waals surface area contributed by atoms with E-state index in [0.29, 0.717) is 19.6 Å². The van der Waals surface area contributed by atoms with Gasteiger partial charge in [-0.1, -0.05) is 29.3 Å². The van der Waals surface area contributed by atoms with E-state index >= 15 is 0 Å². The van der Waals surface area contributed by atoms with Crippen molar-refractivity contribution >= 4 is 32.7 Å². The Hall–Kier alpha value is -1.37. The van der Waals surface area contributed by atoms with Gasteiger partial charge in [-0.05, 0) is 49.4 Å². The number of benzene rings is 1. The van der Waals surface area contributed by atoms with E-state index in [4.69, 9.17) is 9.47 Å². The van der Waals surface area contributed by atoms with Crippen LogP contribution in [-0.2, 0) is 20.7 Å². The fourth-order valence-corrected chi connectivity index (χ4v) is 3.15. The molecule has 1 aromatic carbocycles. The van der Waals surface area contributed by atoms with Gasteiger partial charge in [-0.3, -0.25) is 4.79 Å². The van der Waals surface area contributed by atoms with E-state index in [0.717, 1.165) is 66.4 Å². The molecule has 1 aromatic heterocycles. The first-order valence-electron chi connectivity index (χ1n) is 9.88. The number of hydrogen-bond acceptors (Lipinski definition) is 3. The quantitative estimate of drug-likeness (QED) is 0.423. The topological polar surface area (TPSA) is 63.4 Å². The molecule has 2 aromatic rings. The highest BCUT2D eigenvalue weighted by Crippen LogP contribution is 2.22. The van der Waals surface area contributed by atoms with Gasteiger partial charge in [-0.15, -0.1) is 0 Å². The van der Waals surface area contributed by atoms with Crippen LogP contribution >= 0.6 is 15.9 Å². The van der Waals surface area contributed by atoms with Crippen LogP contribution in [0.3, 0.4) is 0 Å². The fourth-order valence-electron chi connectivity index (χ4n) is 2.79. The fraction of sp³-hybridized carbons (Fsp3) is 0.571. The number of fused-ring (bicyclic) bond motifs is 1. The average molecular weight is 439 g/mol. The lowest BCUT2D eigenvalue weighted by Gasteiger charge is -2.07. The van der Waals surface area contributed by atoms with Gasteiger partial charge in [0.2, 0.25) is 5.91 Å². The Morgan fingerprint density at radius 2 is 1.78 bits per heavy atom. The van der Waals surface area contributed by atoms with Crippen LogP contribution < -0.4 is 5.32 Å². The SMILES string of the molecule is CCCCOCCCCOCCCNC(=O)Cc1c[nH]c2ccc(Br)cc12. The molecule has 0 fully saturated rings. The molecule has 0 aliphatic carbocycles. The summed E-state index contributed by atoms with van der Waals surface area (Å²) in [7, 11) is 0. The second-order valence-electron chi connectivity index (χ2n) is 6.67. The molecule has 2 N–H and O–H groups in total. The molecule has 0 bridgehead atoms. The number of amides is 1. The summed E-state index contributed by atoms with van der Waals surface area (Å²) in [5, 5.41) is 4.05. The molecular formula is C21H31BrN2O3. The van der Waals surface area contributed by atoms with E-state index in [-0.39, 0.29) is 5.91 Å². The van der Waals surface area contributed by atoms with Crippen LogP contribution in [0.5, 0.6) is 0 Å². The predicted octanol–water partition coefficient (Wildman–Crippen LogP) is 4.59. The second-order valence-corrected chi connectivity index (χ2v) is 7.59. The molecule has 150 valence electrons. The number of H-pyrrole nitrogens is 1. The van der Waals surface area contributed by atoms with Crippen molar-refractivity contribution in [3.05, 3.63) is 34.4 Å². The van der Waals surface area contributed by atoms with Gasteiger partial charge in [0.25, 0.3) is 0 Å². The van der Waals surface area contributed by atoms with Crippen molar-refractivity contribution in [2.45, 2.75) is 45.4 Å². The van der Waals surface area contributed by atoms with Crippen LogP contribution in [0.4, 0.5) is 0 Å². The third kappa shape index (κ3) is 8.45. The number of aromatic amines is 1. The molecule has 2 rings (SSSR count). The molecule has 6 heteroatoms. The van der Waals surface area contributed by atoms with Crippen LogP contribution in [-0.4, -0.2) is 43.9 Å². The molecule has 0 saturated heterocycles. The maximum absolute atomic E-state index is 12.1. The summed E-state index contributed by atoms with van der Waals surface area (Å²) >= 11 is 3.48. The molecule has 0 radical (unpaired) electrons. The summed E-state index contributed by atoms with van der Waals surface area (Å²) < 4.78 is 12.1. The Morgan fingerprint density at radius 1 is 1.07 bits per heavy atom. The van der Waals surface area contributed by atoms with Crippen LogP contribution in [0, 0.1) is 0 Å². The maximum Gasteiger partial charge on any atom is 0.224 e. The molecule has 0 unspecified atom stereocenters. The molecular weight excluding hydrogens is 408 g/mol. The van der Waals surface area contributed by atoms with E-state index in [9.17, 15) is 4.79 Å². The Morgan fingerprint density at radius 3 is 2.52 bits per heavy atom. The molecule has 0 atom stereocenters. The molecule has 1 heterocycles. The minimum Gasteiger partial charge on any atom is -0.381 e. The Kier molecular flexibility index (Phi) is 10.5. The van der Waals surface area contributed by atoms with Gasteiger partial charge in [0.05, 0.1) is 6.42 Å². The van der Waals surface area contributed by atoms with Crippen molar-refractivity contribution in [1.82, 2.24) is 10.3 Å². The number of hydrogen-bond donors (Lipinski definition) is 2. The van der Waals surface area contributed by atoms with Crippen molar-refractivity contribution in [2.75, 3.05) is 33.0 Å². The first kappa shape index (κ1) is 21.9. The molecule has 5 nitrogen and oxygen atoms in total. The highest BCUT2D eigenvalue weighted by molar-refractivity contribution is 9.10. The zero-order valence-electron chi connectivity index (χ0n) is 16.2. The van der Waals surface area contributed by atoms with Crippen molar-refractivity contribution in [3.63, 3.8) is 0 Å². The monoisotopic (exact) mass is 438 g/mol. The van der Waals surface area contributed by atoms with Gasteiger partial charge in [-0.2, -0.15) is 0 Å². The zero-order chi connectivity index (χ0) is 19.3. The van der Waals surface area contributed by atoms with Gasteiger partial charge in [0, 0.05) is 54.5 Å². The van der Waals surface area contributed by atoms with Crippen LogP contribution in [0.1, 0.15) is 44.6 Å². The number of carbonyl (C=O) groups excluding carboxylic acids is 1. The number of carbonyl (C=O) groups is 1. The van der Waals surface area contributed by atoms with Crippen molar-refractivity contribution in [1.29, 1.82) is 0 Å². The minimum atomic E-state index is 0.0418. The summed E-state index contributed by atoms with van der Waals surface area (Å²) in [6.45, 7) is 5.94. The number of rotatable bonds is 14. The average Bonchev–Trinajstić information content (AvgIpc) is 3.04. The van der Waals surface area contributed by atoms with Gasteiger partial charge < -0.3 is 19.8 Å². The van der Waals surface area contributed by atoms with Gasteiger partial charge in [0.15, 0.2) is 0 Å². The summed E-state index contributed by atoms with van der Waals surface area (Å²) in [5.41, 5.74) is 2.06. The van der Waals surface area contributed by atoms with E-state index in [1.54, 1.807) is 0 Å². The van der Waals surface area contributed by atoms with E-state index in [2.05, 4.69) is 33.2 Å². The van der Waals surface area contributed by atoms with E-state index < -0.39 is 0 Å². The number of aromatic nitrogens is 1. The Labute approximate surface area is 170 Å². The lowest BCUT2D eigenvalue weighted by molar-refractivity contribution is -0.120. The summed E-state index contributed by atoms with van der Waals surface area (Å²) in [5.74, 6) is 0.0418. The highest BCUT2D eigenvalue weighted by atomic mass is 79.9. The second kappa shape index (κ2) is 12.9. The van der Waals surface area contributed by atoms with Crippen LogP contribution in [0.2, 0.25) is 0 Å². The lowest BCUT2D eigenvalue weighted by atomic mass is 10.1. The summed E-state index contributed by atoms with van der Waals surface area (Å²) in [6, 6.07) is 6.04. The van der Waals surface area contributed by atoms with Crippen molar-refractivity contribution < 1.29 is 14.3 Å². The highest BCUT2D eigenvalue weighted by Gasteiger charge is 2.08. The zero-order valence-corrected chi connectivity index (χ0v) is 17.8. The number of nitrogens with one attached hydrogen (secondary N) is 2. The molecule has 0 aliphatic heterocycles. The van der Waals surface area contributed by atoms with E-state index in [1.165, 1.54) is 6.42 Å². The summed E-state index contributed by atoms with van der Waals surface area (Å²) in [6.07, 6.45) is 7.51.